The molecule has 0 atom stereocenters. The van der Waals surface area contributed by atoms with Crippen LogP contribution in [0.5, 0.6) is 5.75 Å². The lowest BCUT2D eigenvalue weighted by molar-refractivity contribution is -0.385. The number of nitrogens with zero attached hydrogens (tertiary/aromatic N) is 3. The van der Waals surface area contributed by atoms with E-state index in [1.807, 2.05) is 6.07 Å². The van der Waals surface area contributed by atoms with Crippen LogP contribution in [0, 0.1) is 10.1 Å². The normalized spacial score (nSPS) is 10.3. The quantitative estimate of drug-likeness (QED) is 0.640. The van der Waals surface area contributed by atoms with Gasteiger partial charge < -0.3 is 9.84 Å². The van der Waals surface area contributed by atoms with Gasteiger partial charge in [0.15, 0.2) is 5.75 Å². The molecule has 0 saturated heterocycles. The smallest absolute Gasteiger partial charge is 0.335 e. The van der Waals surface area contributed by atoms with Crippen molar-refractivity contribution in [2.75, 3.05) is 6.61 Å². The van der Waals surface area contributed by atoms with E-state index in [9.17, 15) is 14.9 Å². The van der Waals surface area contributed by atoms with Gasteiger partial charge in [-0.25, -0.2) is 4.79 Å². The number of carboxylic acids is 1. The molecule has 0 aliphatic rings. The van der Waals surface area contributed by atoms with Gasteiger partial charge in [-0.3, -0.25) is 14.8 Å². The van der Waals surface area contributed by atoms with Crippen molar-refractivity contribution >= 4 is 11.7 Å². The topological polar surface area (TPSA) is 107 Å². The Morgan fingerprint density at radius 2 is 2.24 bits per heavy atom. The molecule has 0 radical (unpaired) electrons. The predicted molar refractivity (Wildman–Crippen MR) is 72.5 cm³/mol. The molecule has 1 aromatic carbocycles. The fourth-order valence-corrected chi connectivity index (χ4v) is 1.83. The van der Waals surface area contributed by atoms with Crippen LogP contribution in [0.4, 0.5) is 5.69 Å². The standard InChI is InChI=1S/C13H13N3O5/c1-15-10(4-6-14-15)5-7-21-12-8-9(13(17)18)2-3-11(12)16(19)20/h2-4,6,8H,5,7H2,1H3,(H,17,18). The molecule has 0 amide bonds. The van der Waals surface area contributed by atoms with Crippen LogP contribution in [0.1, 0.15) is 16.1 Å². The van der Waals surface area contributed by atoms with E-state index in [0.717, 1.165) is 17.8 Å². The number of aromatic nitrogens is 2. The molecule has 8 heteroatoms. The third-order valence-electron chi connectivity index (χ3n) is 2.94. The van der Waals surface area contributed by atoms with Gasteiger partial charge >= 0.3 is 11.7 Å². The molecule has 0 aliphatic carbocycles. The largest absolute Gasteiger partial charge is 0.486 e. The highest BCUT2D eigenvalue weighted by Gasteiger charge is 2.18. The minimum absolute atomic E-state index is 0.0536. The van der Waals surface area contributed by atoms with Crippen LogP contribution in [-0.2, 0) is 13.5 Å². The van der Waals surface area contributed by atoms with Crippen LogP contribution in [0.2, 0.25) is 0 Å². The highest BCUT2D eigenvalue weighted by molar-refractivity contribution is 5.88. The summed E-state index contributed by atoms with van der Waals surface area (Å²) in [6.45, 7) is 0.184. The minimum atomic E-state index is -1.17. The number of nitro groups is 1. The fraction of sp³-hybridized carbons (Fsp3) is 0.231. The van der Waals surface area contributed by atoms with E-state index < -0.39 is 10.9 Å². The van der Waals surface area contributed by atoms with Crippen molar-refractivity contribution in [3.8, 4) is 5.75 Å². The molecule has 0 fully saturated rings. The van der Waals surface area contributed by atoms with Gasteiger partial charge in [0.2, 0.25) is 0 Å². The molecule has 110 valence electrons. The van der Waals surface area contributed by atoms with E-state index in [-0.39, 0.29) is 23.6 Å². The molecule has 1 N–H and O–H groups in total. The Morgan fingerprint density at radius 1 is 1.48 bits per heavy atom. The molecule has 0 saturated carbocycles. The van der Waals surface area contributed by atoms with E-state index in [1.54, 1.807) is 17.9 Å². The summed E-state index contributed by atoms with van der Waals surface area (Å²) in [5.41, 5.74) is 0.591. The van der Waals surface area contributed by atoms with E-state index in [1.165, 1.54) is 6.07 Å². The van der Waals surface area contributed by atoms with Gasteiger partial charge in [0, 0.05) is 37.5 Å². The summed E-state index contributed by atoms with van der Waals surface area (Å²) in [6, 6.07) is 5.27. The molecule has 0 aliphatic heterocycles. The Bertz CT molecular complexity index is 680. The maximum Gasteiger partial charge on any atom is 0.335 e. The van der Waals surface area contributed by atoms with Gasteiger partial charge in [-0.15, -0.1) is 0 Å². The van der Waals surface area contributed by atoms with Crippen LogP contribution in [-0.4, -0.2) is 32.4 Å². The van der Waals surface area contributed by atoms with E-state index >= 15 is 0 Å². The first-order valence-corrected chi connectivity index (χ1v) is 6.10. The number of hydrogen-bond donors (Lipinski definition) is 1. The van der Waals surface area contributed by atoms with E-state index in [4.69, 9.17) is 9.84 Å². The zero-order valence-corrected chi connectivity index (χ0v) is 11.2. The average molecular weight is 291 g/mol. The van der Waals surface area contributed by atoms with Crippen LogP contribution < -0.4 is 4.74 Å². The second-order valence-electron chi connectivity index (χ2n) is 4.29. The molecule has 2 rings (SSSR count). The number of carbonyl (C=O) groups is 1. The number of benzene rings is 1. The van der Waals surface area contributed by atoms with Crippen LogP contribution >= 0.6 is 0 Å². The molecule has 0 unspecified atom stereocenters. The Hall–Kier alpha value is -2.90. The van der Waals surface area contributed by atoms with Gasteiger partial charge in [-0.05, 0) is 12.1 Å². The van der Waals surface area contributed by atoms with Gasteiger partial charge in [-0.1, -0.05) is 0 Å². The maximum atomic E-state index is 10.9. The molecule has 8 nitrogen and oxygen atoms in total. The van der Waals surface area contributed by atoms with Crippen molar-refractivity contribution in [1.29, 1.82) is 0 Å². The second kappa shape index (κ2) is 6.04. The van der Waals surface area contributed by atoms with Gasteiger partial charge in [0.05, 0.1) is 17.1 Å². The van der Waals surface area contributed by atoms with Gasteiger partial charge in [-0.2, -0.15) is 5.10 Å². The number of nitro benzene ring substituents is 1. The number of aryl methyl sites for hydroxylation is 1. The molecule has 1 aromatic heterocycles. The first-order chi connectivity index (χ1) is 9.99. The fourth-order valence-electron chi connectivity index (χ4n) is 1.83. The lowest BCUT2D eigenvalue weighted by Gasteiger charge is -2.08. The van der Waals surface area contributed by atoms with Crippen molar-refractivity contribution in [2.45, 2.75) is 6.42 Å². The Labute approximate surface area is 119 Å². The van der Waals surface area contributed by atoms with E-state index in [2.05, 4.69) is 5.10 Å². The van der Waals surface area contributed by atoms with Gasteiger partial charge in [0.25, 0.3) is 0 Å². The highest BCUT2D eigenvalue weighted by Crippen LogP contribution is 2.28. The summed E-state index contributed by atoms with van der Waals surface area (Å²) in [7, 11) is 1.78. The molecule has 0 spiro atoms. The van der Waals surface area contributed by atoms with Crippen LogP contribution in [0.25, 0.3) is 0 Å². The van der Waals surface area contributed by atoms with Crippen LogP contribution in [0.15, 0.2) is 30.5 Å². The summed E-state index contributed by atoms with van der Waals surface area (Å²) in [6.07, 6.45) is 2.15. The third-order valence-corrected chi connectivity index (χ3v) is 2.94. The number of carboxylic acid groups (broad SMARTS) is 1. The van der Waals surface area contributed by atoms with Crippen molar-refractivity contribution in [1.82, 2.24) is 9.78 Å². The van der Waals surface area contributed by atoms with Crippen molar-refractivity contribution in [3.05, 3.63) is 51.8 Å². The summed E-state index contributed by atoms with van der Waals surface area (Å²) in [4.78, 5) is 21.2. The van der Waals surface area contributed by atoms with Crippen molar-refractivity contribution in [2.24, 2.45) is 7.05 Å². The SMILES string of the molecule is Cn1nccc1CCOc1cc(C(=O)O)ccc1[N+](=O)[O-]. The Morgan fingerprint density at radius 3 is 2.81 bits per heavy atom. The predicted octanol–water partition coefficient (Wildman–Crippen LogP) is 1.65. The van der Waals surface area contributed by atoms with Crippen molar-refractivity contribution < 1.29 is 19.6 Å². The van der Waals surface area contributed by atoms with Crippen LogP contribution in [0.3, 0.4) is 0 Å². The zero-order valence-electron chi connectivity index (χ0n) is 11.2. The number of rotatable bonds is 6. The third kappa shape index (κ3) is 3.35. The molecular weight excluding hydrogens is 278 g/mol. The minimum Gasteiger partial charge on any atom is -0.486 e. The molecule has 21 heavy (non-hydrogen) atoms. The second-order valence-corrected chi connectivity index (χ2v) is 4.29. The first-order valence-electron chi connectivity index (χ1n) is 6.10. The number of aromatic carboxylic acids is 1. The summed E-state index contributed by atoms with van der Waals surface area (Å²) >= 11 is 0. The first kappa shape index (κ1) is 14.5. The monoisotopic (exact) mass is 291 g/mol. The number of hydrogen-bond acceptors (Lipinski definition) is 5. The molecular formula is C13H13N3O5. The molecule has 1 heterocycles. The summed E-state index contributed by atoms with van der Waals surface area (Å²) in [5.74, 6) is -1.22. The molecule has 2 aromatic rings. The number of ether oxygens (including phenoxy) is 1. The van der Waals surface area contributed by atoms with E-state index in [0.29, 0.717) is 6.42 Å². The lowest BCUT2D eigenvalue weighted by Crippen LogP contribution is -2.08. The average Bonchev–Trinajstić information content (AvgIpc) is 2.84. The van der Waals surface area contributed by atoms with Crippen molar-refractivity contribution in [3.63, 3.8) is 0 Å². The Kier molecular flexibility index (Phi) is 4.17. The van der Waals surface area contributed by atoms with Gasteiger partial charge in [0.1, 0.15) is 0 Å². The zero-order chi connectivity index (χ0) is 15.4. The summed E-state index contributed by atoms with van der Waals surface area (Å²) in [5, 5.41) is 23.8. The summed E-state index contributed by atoms with van der Waals surface area (Å²) < 4.78 is 7.04. The molecule has 0 bridgehead atoms. The maximum absolute atomic E-state index is 10.9. The Balaban J connectivity index is 2.13. The lowest BCUT2D eigenvalue weighted by atomic mass is 10.2. The highest BCUT2D eigenvalue weighted by atomic mass is 16.6.